The van der Waals surface area contributed by atoms with Crippen LogP contribution in [0.4, 0.5) is 0 Å². The van der Waals surface area contributed by atoms with E-state index in [1.54, 1.807) is 0 Å². The zero-order valence-electron chi connectivity index (χ0n) is 13.7. The standard InChI is InChI=1S/C18H28N2O2/c1-14-6-3-4-8-17(14)22-11-10-20-18(21)12-15(2)16-7-5-9-19-13-16/h3-4,6,8,15-16,19H,5,7,9-13H2,1-2H3,(H,20,21). The van der Waals surface area contributed by atoms with Crippen molar-refractivity contribution in [3.8, 4) is 5.75 Å². The van der Waals surface area contributed by atoms with Gasteiger partial charge in [0.2, 0.25) is 5.91 Å². The average Bonchev–Trinajstić information content (AvgIpc) is 2.54. The topological polar surface area (TPSA) is 50.4 Å². The van der Waals surface area contributed by atoms with Crippen molar-refractivity contribution < 1.29 is 9.53 Å². The number of carbonyl (C=O) groups is 1. The highest BCUT2D eigenvalue weighted by Crippen LogP contribution is 2.22. The first-order valence-corrected chi connectivity index (χ1v) is 8.32. The van der Waals surface area contributed by atoms with Crippen molar-refractivity contribution in [1.29, 1.82) is 0 Å². The number of carbonyl (C=O) groups excluding carboxylic acids is 1. The third kappa shape index (κ3) is 5.34. The van der Waals surface area contributed by atoms with E-state index in [9.17, 15) is 4.79 Å². The highest BCUT2D eigenvalue weighted by molar-refractivity contribution is 5.76. The van der Waals surface area contributed by atoms with E-state index in [4.69, 9.17) is 4.74 Å². The molecule has 122 valence electrons. The van der Waals surface area contributed by atoms with Crippen LogP contribution in [0.25, 0.3) is 0 Å². The molecule has 1 aliphatic heterocycles. The van der Waals surface area contributed by atoms with Crippen molar-refractivity contribution in [2.75, 3.05) is 26.2 Å². The Hall–Kier alpha value is -1.55. The fourth-order valence-corrected chi connectivity index (χ4v) is 2.97. The lowest BCUT2D eigenvalue weighted by atomic mass is 9.85. The summed E-state index contributed by atoms with van der Waals surface area (Å²) in [5.74, 6) is 2.08. The molecule has 0 spiro atoms. The number of piperidine rings is 1. The van der Waals surface area contributed by atoms with Crippen LogP contribution in [0.3, 0.4) is 0 Å². The van der Waals surface area contributed by atoms with Crippen molar-refractivity contribution in [1.82, 2.24) is 10.6 Å². The molecule has 1 heterocycles. The number of nitrogens with one attached hydrogen (secondary N) is 2. The highest BCUT2D eigenvalue weighted by atomic mass is 16.5. The van der Waals surface area contributed by atoms with Crippen LogP contribution in [0.1, 0.15) is 31.7 Å². The lowest BCUT2D eigenvalue weighted by Gasteiger charge is -2.28. The van der Waals surface area contributed by atoms with E-state index in [-0.39, 0.29) is 5.91 Å². The second-order valence-electron chi connectivity index (χ2n) is 6.25. The van der Waals surface area contributed by atoms with Crippen molar-refractivity contribution in [3.63, 3.8) is 0 Å². The molecule has 1 aliphatic rings. The van der Waals surface area contributed by atoms with Crippen LogP contribution in [0.15, 0.2) is 24.3 Å². The van der Waals surface area contributed by atoms with Gasteiger partial charge in [-0.3, -0.25) is 4.79 Å². The Morgan fingerprint density at radius 3 is 3.00 bits per heavy atom. The Bertz CT molecular complexity index is 470. The van der Waals surface area contributed by atoms with Crippen molar-refractivity contribution in [2.24, 2.45) is 11.8 Å². The summed E-state index contributed by atoms with van der Waals surface area (Å²) in [6.07, 6.45) is 3.06. The molecular formula is C18H28N2O2. The van der Waals surface area contributed by atoms with Crippen molar-refractivity contribution in [2.45, 2.75) is 33.1 Å². The molecule has 1 aromatic carbocycles. The first-order valence-electron chi connectivity index (χ1n) is 8.32. The van der Waals surface area contributed by atoms with E-state index >= 15 is 0 Å². The number of amides is 1. The smallest absolute Gasteiger partial charge is 0.220 e. The Balaban J connectivity index is 1.62. The van der Waals surface area contributed by atoms with Crippen LogP contribution < -0.4 is 15.4 Å². The predicted molar refractivity (Wildman–Crippen MR) is 89.1 cm³/mol. The van der Waals surface area contributed by atoms with Gasteiger partial charge in [-0.15, -0.1) is 0 Å². The van der Waals surface area contributed by atoms with E-state index in [1.807, 2.05) is 31.2 Å². The fourth-order valence-electron chi connectivity index (χ4n) is 2.97. The van der Waals surface area contributed by atoms with Gasteiger partial charge in [-0.25, -0.2) is 0 Å². The number of hydrogen-bond acceptors (Lipinski definition) is 3. The monoisotopic (exact) mass is 304 g/mol. The van der Waals surface area contributed by atoms with Gasteiger partial charge in [0.15, 0.2) is 0 Å². The Morgan fingerprint density at radius 1 is 1.45 bits per heavy atom. The molecule has 2 N–H and O–H groups in total. The SMILES string of the molecule is Cc1ccccc1OCCNC(=O)CC(C)C1CCCNC1. The minimum Gasteiger partial charge on any atom is -0.491 e. The predicted octanol–water partition coefficient (Wildman–Crippen LogP) is 2.52. The Morgan fingerprint density at radius 2 is 2.27 bits per heavy atom. The largest absolute Gasteiger partial charge is 0.491 e. The molecule has 2 atom stereocenters. The number of hydrogen-bond donors (Lipinski definition) is 2. The molecule has 0 aliphatic carbocycles. The van der Waals surface area contributed by atoms with Gasteiger partial charge < -0.3 is 15.4 Å². The summed E-state index contributed by atoms with van der Waals surface area (Å²) >= 11 is 0. The first kappa shape index (κ1) is 16.8. The molecule has 1 saturated heterocycles. The summed E-state index contributed by atoms with van der Waals surface area (Å²) in [7, 11) is 0. The van der Waals surface area contributed by atoms with Crippen LogP contribution in [-0.2, 0) is 4.79 Å². The number of ether oxygens (including phenoxy) is 1. The minimum atomic E-state index is 0.131. The highest BCUT2D eigenvalue weighted by Gasteiger charge is 2.21. The van der Waals surface area contributed by atoms with Gasteiger partial charge in [0.1, 0.15) is 12.4 Å². The lowest BCUT2D eigenvalue weighted by Crippen LogP contribution is -2.36. The van der Waals surface area contributed by atoms with E-state index in [2.05, 4.69) is 17.6 Å². The zero-order valence-corrected chi connectivity index (χ0v) is 13.7. The summed E-state index contributed by atoms with van der Waals surface area (Å²) in [6, 6.07) is 7.93. The summed E-state index contributed by atoms with van der Waals surface area (Å²) in [5, 5.41) is 6.37. The summed E-state index contributed by atoms with van der Waals surface area (Å²) < 4.78 is 5.68. The third-order valence-electron chi connectivity index (χ3n) is 4.42. The molecule has 0 radical (unpaired) electrons. The molecule has 1 aromatic rings. The summed E-state index contributed by atoms with van der Waals surface area (Å²) in [6.45, 7) is 7.43. The third-order valence-corrected chi connectivity index (χ3v) is 4.42. The molecule has 0 bridgehead atoms. The van der Waals surface area contributed by atoms with Crippen LogP contribution in [0, 0.1) is 18.8 Å². The number of benzene rings is 1. The molecule has 2 unspecified atom stereocenters. The van der Waals surface area contributed by atoms with Gasteiger partial charge in [0.25, 0.3) is 0 Å². The second kappa shape index (κ2) is 8.79. The fraction of sp³-hybridized carbons (Fsp3) is 0.611. The quantitative estimate of drug-likeness (QED) is 0.761. The molecular weight excluding hydrogens is 276 g/mol. The zero-order chi connectivity index (χ0) is 15.8. The van der Waals surface area contributed by atoms with Gasteiger partial charge in [-0.05, 0) is 56.3 Å². The van der Waals surface area contributed by atoms with Crippen molar-refractivity contribution in [3.05, 3.63) is 29.8 Å². The number of rotatable bonds is 7. The minimum absolute atomic E-state index is 0.131. The van der Waals surface area contributed by atoms with Crippen LogP contribution in [-0.4, -0.2) is 32.1 Å². The first-order chi connectivity index (χ1) is 10.7. The van der Waals surface area contributed by atoms with E-state index in [1.165, 1.54) is 12.8 Å². The Labute approximate surface area is 133 Å². The van der Waals surface area contributed by atoms with Gasteiger partial charge in [0.05, 0.1) is 6.54 Å². The van der Waals surface area contributed by atoms with Crippen molar-refractivity contribution >= 4 is 5.91 Å². The maximum absolute atomic E-state index is 12.0. The van der Waals surface area contributed by atoms with Gasteiger partial charge >= 0.3 is 0 Å². The van der Waals surface area contributed by atoms with Gasteiger partial charge in [-0.1, -0.05) is 25.1 Å². The van der Waals surface area contributed by atoms with E-state index < -0.39 is 0 Å². The molecule has 1 amide bonds. The molecule has 22 heavy (non-hydrogen) atoms. The molecule has 1 fully saturated rings. The molecule has 2 rings (SSSR count). The number of para-hydroxylation sites is 1. The molecule has 4 heteroatoms. The second-order valence-corrected chi connectivity index (χ2v) is 6.25. The summed E-state index contributed by atoms with van der Waals surface area (Å²) in [5.41, 5.74) is 1.12. The normalized spacial score (nSPS) is 19.5. The maximum Gasteiger partial charge on any atom is 0.220 e. The summed E-state index contributed by atoms with van der Waals surface area (Å²) in [4.78, 5) is 12.0. The van der Waals surface area contributed by atoms with E-state index in [0.29, 0.717) is 31.4 Å². The van der Waals surface area contributed by atoms with Gasteiger partial charge in [0, 0.05) is 6.42 Å². The molecule has 4 nitrogen and oxygen atoms in total. The van der Waals surface area contributed by atoms with Crippen LogP contribution in [0.2, 0.25) is 0 Å². The van der Waals surface area contributed by atoms with Gasteiger partial charge in [-0.2, -0.15) is 0 Å². The van der Waals surface area contributed by atoms with Crippen LogP contribution in [0.5, 0.6) is 5.75 Å². The number of aryl methyl sites for hydroxylation is 1. The van der Waals surface area contributed by atoms with Crippen LogP contribution >= 0.6 is 0 Å². The molecule has 0 aromatic heterocycles. The average molecular weight is 304 g/mol. The lowest BCUT2D eigenvalue weighted by molar-refractivity contribution is -0.122. The Kier molecular flexibility index (Phi) is 6.72. The molecule has 0 saturated carbocycles. The maximum atomic E-state index is 12.0. The van der Waals surface area contributed by atoms with E-state index in [0.717, 1.165) is 24.4 Å².